The van der Waals surface area contributed by atoms with Gasteiger partial charge in [-0.05, 0) is 46.9 Å². The molecule has 0 aliphatic carbocycles. The zero-order valence-corrected chi connectivity index (χ0v) is 14.7. The lowest BCUT2D eigenvalue weighted by molar-refractivity contribution is -0.115. The van der Waals surface area contributed by atoms with Crippen molar-refractivity contribution >= 4 is 27.3 Å². The minimum Gasteiger partial charge on any atom is -0.326 e. The molecule has 0 radical (unpaired) electrons. The van der Waals surface area contributed by atoms with Gasteiger partial charge < -0.3 is 5.32 Å². The smallest absolute Gasteiger partial charge is 0.261 e. The monoisotopic (exact) mass is 344 g/mol. The molecule has 0 saturated carbocycles. The van der Waals surface area contributed by atoms with E-state index < -0.39 is 10.0 Å². The molecule has 2 N–H and O–H groups in total. The van der Waals surface area contributed by atoms with Gasteiger partial charge in [-0.1, -0.05) is 32.9 Å². The van der Waals surface area contributed by atoms with Gasteiger partial charge in [0.15, 0.2) is 0 Å². The van der Waals surface area contributed by atoms with Crippen molar-refractivity contribution < 1.29 is 13.2 Å². The quantitative estimate of drug-likeness (QED) is 0.897. The summed E-state index contributed by atoms with van der Waals surface area (Å²) in [6, 6.07) is 12.0. The van der Waals surface area contributed by atoms with Crippen molar-refractivity contribution in [2.45, 2.75) is 37.5 Å². The number of carbonyl (C=O) groups excluding carboxylic acids is 1. The third-order valence-electron chi connectivity index (χ3n) is 4.02. The highest BCUT2D eigenvalue weighted by Gasteiger charge is 2.22. The summed E-state index contributed by atoms with van der Waals surface area (Å²) in [4.78, 5) is 11.5. The summed E-state index contributed by atoms with van der Waals surface area (Å²) in [6.07, 6.45) is 0.207. The summed E-state index contributed by atoms with van der Waals surface area (Å²) in [5.74, 6) is -0.120. The Balaban J connectivity index is 1.84. The first-order chi connectivity index (χ1) is 11.1. The molecule has 0 fully saturated rings. The Morgan fingerprint density at radius 3 is 2.33 bits per heavy atom. The third-order valence-corrected chi connectivity index (χ3v) is 5.39. The normalized spacial score (nSPS) is 14.2. The van der Waals surface area contributed by atoms with Crippen LogP contribution < -0.4 is 10.0 Å². The Morgan fingerprint density at radius 2 is 1.71 bits per heavy atom. The van der Waals surface area contributed by atoms with E-state index in [0.29, 0.717) is 16.9 Å². The van der Waals surface area contributed by atoms with E-state index in [9.17, 15) is 13.2 Å². The zero-order valence-electron chi connectivity index (χ0n) is 13.9. The molecule has 0 aromatic heterocycles. The van der Waals surface area contributed by atoms with Gasteiger partial charge in [0, 0.05) is 11.4 Å². The summed E-state index contributed by atoms with van der Waals surface area (Å²) >= 11 is 0. The van der Waals surface area contributed by atoms with Crippen LogP contribution in [0.5, 0.6) is 0 Å². The lowest BCUT2D eigenvalue weighted by Crippen LogP contribution is -2.14. The van der Waals surface area contributed by atoms with Crippen LogP contribution in [-0.2, 0) is 26.7 Å². The average Bonchev–Trinajstić information content (AvgIpc) is 2.85. The first kappa shape index (κ1) is 16.5. The molecule has 1 aliphatic heterocycles. The topological polar surface area (TPSA) is 75.3 Å². The van der Waals surface area contributed by atoms with Crippen molar-refractivity contribution in [2.75, 3.05) is 10.0 Å². The lowest BCUT2D eigenvalue weighted by atomic mass is 9.87. The molecule has 1 heterocycles. The van der Waals surface area contributed by atoms with E-state index >= 15 is 0 Å². The van der Waals surface area contributed by atoms with E-state index in [-0.39, 0.29) is 22.6 Å². The molecule has 5 nitrogen and oxygen atoms in total. The summed E-state index contributed by atoms with van der Waals surface area (Å²) in [7, 11) is -3.69. The molecule has 0 spiro atoms. The van der Waals surface area contributed by atoms with Crippen LogP contribution in [0.1, 0.15) is 31.9 Å². The molecular formula is C18H20N2O3S. The molecule has 2 aromatic rings. The molecule has 0 unspecified atom stereocenters. The van der Waals surface area contributed by atoms with E-state index in [1.807, 2.05) is 12.1 Å². The predicted octanol–water partition coefficient (Wildman–Crippen LogP) is 3.28. The van der Waals surface area contributed by atoms with Gasteiger partial charge in [0.25, 0.3) is 10.0 Å². The highest BCUT2D eigenvalue weighted by atomic mass is 32.2. The fraction of sp³-hybridized carbons (Fsp3) is 0.278. The van der Waals surface area contributed by atoms with Crippen molar-refractivity contribution in [1.29, 1.82) is 0 Å². The zero-order chi connectivity index (χ0) is 17.5. The van der Waals surface area contributed by atoms with Gasteiger partial charge >= 0.3 is 0 Å². The molecule has 0 atom stereocenters. The number of fused-ring (bicyclic) bond motifs is 1. The Hall–Kier alpha value is -2.34. The molecule has 126 valence electrons. The van der Waals surface area contributed by atoms with Crippen LogP contribution in [0.25, 0.3) is 0 Å². The van der Waals surface area contributed by atoms with E-state index in [4.69, 9.17) is 0 Å². The summed E-state index contributed by atoms with van der Waals surface area (Å²) in [5, 5.41) is 2.69. The molecule has 1 aliphatic rings. The van der Waals surface area contributed by atoms with Gasteiger partial charge in [-0.15, -0.1) is 0 Å². The number of rotatable bonds is 3. The second-order valence-electron chi connectivity index (χ2n) is 6.98. The molecule has 0 bridgehead atoms. The summed E-state index contributed by atoms with van der Waals surface area (Å²) in [6.45, 7) is 6.31. The van der Waals surface area contributed by atoms with Gasteiger partial charge in [0.1, 0.15) is 0 Å². The van der Waals surface area contributed by atoms with Gasteiger partial charge in [-0.2, -0.15) is 0 Å². The molecule has 2 aromatic carbocycles. The molecule has 24 heavy (non-hydrogen) atoms. The van der Waals surface area contributed by atoms with Crippen LogP contribution >= 0.6 is 0 Å². The van der Waals surface area contributed by atoms with E-state index in [0.717, 1.165) is 5.56 Å². The maximum atomic E-state index is 12.5. The molecule has 6 heteroatoms. The van der Waals surface area contributed by atoms with E-state index in [1.54, 1.807) is 24.3 Å². The number of amides is 1. The van der Waals surface area contributed by atoms with Crippen molar-refractivity contribution in [3.8, 4) is 0 Å². The Morgan fingerprint density at radius 1 is 1.04 bits per heavy atom. The highest BCUT2D eigenvalue weighted by Crippen LogP contribution is 2.28. The average molecular weight is 344 g/mol. The number of carbonyl (C=O) groups is 1. The molecular weight excluding hydrogens is 324 g/mol. The number of sulfonamides is 1. The summed E-state index contributed by atoms with van der Waals surface area (Å²) in [5.41, 5.74) is 3.03. The predicted molar refractivity (Wildman–Crippen MR) is 94.7 cm³/mol. The number of hydrogen-bond donors (Lipinski definition) is 2. The molecule has 3 rings (SSSR count). The third kappa shape index (κ3) is 3.28. The Kier molecular flexibility index (Phi) is 3.87. The second kappa shape index (κ2) is 5.63. The van der Waals surface area contributed by atoms with Crippen molar-refractivity contribution in [2.24, 2.45) is 0 Å². The fourth-order valence-electron chi connectivity index (χ4n) is 2.63. The maximum Gasteiger partial charge on any atom is 0.261 e. The van der Waals surface area contributed by atoms with Crippen LogP contribution in [0.15, 0.2) is 47.4 Å². The van der Waals surface area contributed by atoms with Crippen LogP contribution in [0, 0.1) is 0 Å². The van der Waals surface area contributed by atoms with Crippen molar-refractivity contribution in [3.63, 3.8) is 0 Å². The summed E-state index contributed by atoms with van der Waals surface area (Å²) < 4.78 is 27.7. The standard InChI is InChI=1S/C18H20N2O3S/c1-18(2,3)13-4-6-14(7-5-13)20-24(22,23)15-8-9-16-12(10-15)11-17(21)19-16/h4-10,20H,11H2,1-3H3,(H,19,21). The molecule has 0 saturated heterocycles. The van der Waals surface area contributed by atoms with Gasteiger partial charge in [0.05, 0.1) is 11.3 Å². The Labute approximate surface area is 142 Å². The van der Waals surface area contributed by atoms with Gasteiger partial charge in [-0.25, -0.2) is 8.42 Å². The van der Waals surface area contributed by atoms with E-state index in [2.05, 4.69) is 30.8 Å². The Bertz CT molecular complexity index is 895. The second-order valence-corrected chi connectivity index (χ2v) is 8.66. The molecule has 1 amide bonds. The van der Waals surface area contributed by atoms with Crippen molar-refractivity contribution in [1.82, 2.24) is 0 Å². The van der Waals surface area contributed by atoms with Crippen LogP contribution in [0.3, 0.4) is 0 Å². The number of hydrogen-bond acceptors (Lipinski definition) is 3. The van der Waals surface area contributed by atoms with Gasteiger partial charge in [-0.3, -0.25) is 9.52 Å². The van der Waals surface area contributed by atoms with Crippen LogP contribution in [-0.4, -0.2) is 14.3 Å². The largest absolute Gasteiger partial charge is 0.326 e. The lowest BCUT2D eigenvalue weighted by Gasteiger charge is -2.19. The fourth-order valence-corrected chi connectivity index (χ4v) is 3.73. The van der Waals surface area contributed by atoms with Crippen LogP contribution in [0.2, 0.25) is 0 Å². The van der Waals surface area contributed by atoms with Gasteiger partial charge in [0.2, 0.25) is 5.91 Å². The number of anilines is 2. The minimum atomic E-state index is -3.69. The maximum absolute atomic E-state index is 12.5. The first-order valence-corrected chi connectivity index (χ1v) is 9.20. The SMILES string of the molecule is CC(C)(C)c1ccc(NS(=O)(=O)c2ccc3c(c2)CC(=O)N3)cc1. The highest BCUT2D eigenvalue weighted by molar-refractivity contribution is 7.92. The number of benzene rings is 2. The van der Waals surface area contributed by atoms with Crippen LogP contribution in [0.4, 0.5) is 11.4 Å². The van der Waals surface area contributed by atoms with E-state index in [1.165, 1.54) is 6.07 Å². The first-order valence-electron chi connectivity index (χ1n) is 7.71. The number of nitrogens with one attached hydrogen (secondary N) is 2. The minimum absolute atomic E-state index is 0.0108. The van der Waals surface area contributed by atoms with Crippen molar-refractivity contribution in [3.05, 3.63) is 53.6 Å².